The molecule has 0 spiro atoms. The quantitative estimate of drug-likeness (QED) is 0.492. The minimum absolute atomic E-state index is 0.444. The number of aryl methyl sites for hydroxylation is 2. The number of benzene rings is 1. The first-order valence-corrected chi connectivity index (χ1v) is 9.82. The van der Waals surface area contributed by atoms with E-state index in [-0.39, 0.29) is 0 Å². The topological polar surface area (TPSA) is 77.9 Å². The molecule has 1 N–H and O–H groups in total. The number of H-pyrrole nitrogens is 1. The summed E-state index contributed by atoms with van der Waals surface area (Å²) in [5.41, 5.74) is 5.91. The molecule has 0 unspecified atom stereocenters. The maximum atomic E-state index is 5.99. The number of aromatic nitrogens is 5. The molecule has 1 aliphatic rings. The van der Waals surface area contributed by atoms with Crippen LogP contribution in [0.3, 0.4) is 0 Å². The van der Waals surface area contributed by atoms with Gasteiger partial charge in [-0.15, -0.1) is 0 Å². The van der Waals surface area contributed by atoms with Gasteiger partial charge in [0, 0.05) is 22.9 Å². The summed E-state index contributed by atoms with van der Waals surface area (Å²) < 4.78 is 18.1. The third-order valence-corrected chi connectivity index (χ3v) is 5.69. The second-order valence-corrected chi connectivity index (χ2v) is 7.67. The van der Waals surface area contributed by atoms with Crippen LogP contribution >= 0.6 is 11.5 Å². The van der Waals surface area contributed by atoms with Gasteiger partial charge in [-0.3, -0.25) is 5.10 Å². The number of hydrogen-bond donors (Lipinski definition) is 1. The van der Waals surface area contributed by atoms with Crippen molar-refractivity contribution < 1.29 is 9.47 Å². The van der Waals surface area contributed by atoms with Crippen LogP contribution in [0.15, 0.2) is 24.4 Å². The summed E-state index contributed by atoms with van der Waals surface area (Å²) in [4.78, 5) is 1.17. The van der Waals surface area contributed by atoms with E-state index in [2.05, 4.69) is 44.8 Å². The lowest BCUT2D eigenvalue weighted by Crippen LogP contribution is -2.10. The zero-order valence-electron chi connectivity index (χ0n) is 15.6. The van der Waals surface area contributed by atoms with Gasteiger partial charge in [0.1, 0.15) is 6.61 Å². The van der Waals surface area contributed by atoms with Crippen molar-refractivity contribution >= 4 is 34.6 Å². The average Bonchev–Trinajstić information content (AvgIpc) is 3.37. The monoisotopic (exact) mass is 393 g/mol. The van der Waals surface area contributed by atoms with Crippen LogP contribution in [0.5, 0.6) is 5.88 Å². The molecule has 4 aromatic rings. The van der Waals surface area contributed by atoms with Crippen molar-refractivity contribution in [2.24, 2.45) is 7.05 Å². The van der Waals surface area contributed by atoms with E-state index in [0.29, 0.717) is 19.8 Å². The Labute approximate surface area is 165 Å². The highest BCUT2D eigenvalue weighted by atomic mass is 32.1. The van der Waals surface area contributed by atoms with Crippen LogP contribution < -0.4 is 4.74 Å². The molecule has 0 amide bonds. The van der Waals surface area contributed by atoms with Crippen LogP contribution in [-0.2, 0) is 18.4 Å². The van der Waals surface area contributed by atoms with E-state index >= 15 is 0 Å². The van der Waals surface area contributed by atoms with Gasteiger partial charge < -0.3 is 9.47 Å². The summed E-state index contributed by atoms with van der Waals surface area (Å²) in [7, 11) is 1.88. The first kappa shape index (κ1) is 17.2. The first-order valence-electron chi connectivity index (χ1n) is 9.05. The van der Waals surface area contributed by atoms with Crippen molar-refractivity contribution in [3.63, 3.8) is 0 Å². The summed E-state index contributed by atoms with van der Waals surface area (Å²) in [5, 5.41) is 13.0. The minimum Gasteiger partial charge on any atom is -0.475 e. The van der Waals surface area contributed by atoms with Crippen molar-refractivity contribution in [3.8, 4) is 17.0 Å². The number of nitrogens with zero attached hydrogens (tertiary/aromatic N) is 4. The fraction of sp³-hybridized carbons (Fsp3) is 0.250. The van der Waals surface area contributed by atoms with Gasteiger partial charge in [-0.2, -0.15) is 14.6 Å². The molecule has 0 saturated carbocycles. The van der Waals surface area contributed by atoms with Crippen molar-refractivity contribution in [1.82, 2.24) is 24.4 Å². The highest BCUT2D eigenvalue weighted by molar-refractivity contribution is 7.06. The molecule has 4 heterocycles. The molecule has 1 aromatic carbocycles. The Balaban J connectivity index is 1.66. The Hall–Kier alpha value is -2.97. The second-order valence-electron chi connectivity index (χ2n) is 6.69. The molecule has 0 atom stereocenters. The molecule has 3 aromatic heterocycles. The molecule has 0 saturated heterocycles. The van der Waals surface area contributed by atoms with Crippen LogP contribution in [0.2, 0.25) is 0 Å². The molecular formula is C20H19N5O2S. The summed E-state index contributed by atoms with van der Waals surface area (Å²) in [6, 6.07) is 6.18. The van der Waals surface area contributed by atoms with E-state index in [1.807, 2.05) is 25.4 Å². The van der Waals surface area contributed by atoms with Crippen molar-refractivity contribution in [2.75, 3.05) is 13.2 Å². The van der Waals surface area contributed by atoms with E-state index in [0.717, 1.165) is 44.9 Å². The molecule has 7 nitrogen and oxygen atoms in total. The normalized spacial score (nSPS) is 15.5. The number of ether oxygens (including phenoxy) is 2. The second kappa shape index (κ2) is 6.88. The average molecular weight is 393 g/mol. The molecule has 2 bridgehead atoms. The number of aromatic amines is 1. The lowest BCUT2D eigenvalue weighted by atomic mass is 10.0. The van der Waals surface area contributed by atoms with Gasteiger partial charge in [-0.1, -0.05) is 6.07 Å². The van der Waals surface area contributed by atoms with Crippen LogP contribution in [0.25, 0.3) is 34.2 Å². The molecule has 0 fully saturated rings. The lowest BCUT2D eigenvalue weighted by Gasteiger charge is -2.09. The third-order valence-electron chi connectivity index (χ3n) is 4.88. The van der Waals surface area contributed by atoms with Gasteiger partial charge in [-0.25, -0.2) is 4.68 Å². The van der Waals surface area contributed by atoms with Gasteiger partial charge >= 0.3 is 0 Å². The fourth-order valence-electron chi connectivity index (χ4n) is 3.40. The predicted molar refractivity (Wildman–Crippen MR) is 109 cm³/mol. The van der Waals surface area contributed by atoms with Crippen molar-refractivity contribution in [3.05, 3.63) is 46.2 Å². The molecule has 5 rings (SSSR count). The van der Waals surface area contributed by atoms with Gasteiger partial charge in [0.25, 0.3) is 0 Å². The van der Waals surface area contributed by atoms with Crippen molar-refractivity contribution in [2.45, 2.75) is 13.5 Å². The largest absolute Gasteiger partial charge is 0.475 e. The molecule has 1 aliphatic heterocycles. The molecular weight excluding hydrogens is 374 g/mol. The zero-order valence-corrected chi connectivity index (χ0v) is 16.4. The maximum absolute atomic E-state index is 5.99. The van der Waals surface area contributed by atoms with E-state index in [9.17, 15) is 0 Å². The van der Waals surface area contributed by atoms with Gasteiger partial charge in [0.05, 0.1) is 41.9 Å². The third kappa shape index (κ3) is 2.90. The van der Waals surface area contributed by atoms with Crippen molar-refractivity contribution in [1.29, 1.82) is 0 Å². The smallest absolute Gasteiger partial charge is 0.219 e. The van der Waals surface area contributed by atoms with Crippen LogP contribution in [-0.4, -0.2) is 37.6 Å². The Bertz CT molecular complexity index is 1190. The molecule has 28 heavy (non-hydrogen) atoms. The van der Waals surface area contributed by atoms with Gasteiger partial charge in [-0.05, 0) is 48.3 Å². The summed E-state index contributed by atoms with van der Waals surface area (Å²) in [6.45, 7) is 3.45. The lowest BCUT2D eigenvalue weighted by molar-refractivity contribution is 0.0847. The van der Waals surface area contributed by atoms with Crippen LogP contribution in [0.1, 0.15) is 21.8 Å². The van der Waals surface area contributed by atoms with E-state index in [1.54, 1.807) is 4.68 Å². The summed E-state index contributed by atoms with van der Waals surface area (Å²) >= 11 is 1.49. The SMILES string of the molecule is Cc1snc2c1/C=C/c1[nH]nc3ccc(cc13)-c1cnn(C)c1OCCOC2. The number of nitrogens with one attached hydrogen (secondary N) is 1. The van der Waals surface area contributed by atoms with Crippen LogP contribution in [0, 0.1) is 6.92 Å². The minimum atomic E-state index is 0.444. The predicted octanol–water partition coefficient (Wildman–Crippen LogP) is 3.81. The Morgan fingerprint density at radius 2 is 2.14 bits per heavy atom. The molecule has 0 aliphatic carbocycles. The van der Waals surface area contributed by atoms with Gasteiger partial charge in [0.15, 0.2) is 0 Å². The summed E-state index contributed by atoms with van der Waals surface area (Å²) in [5.74, 6) is 0.726. The molecule has 0 radical (unpaired) electrons. The van der Waals surface area contributed by atoms with Crippen LogP contribution in [0.4, 0.5) is 0 Å². The molecule has 8 heteroatoms. The van der Waals surface area contributed by atoms with E-state index in [4.69, 9.17) is 9.47 Å². The Morgan fingerprint density at radius 3 is 3.07 bits per heavy atom. The number of hydrogen-bond acceptors (Lipinski definition) is 6. The summed E-state index contributed by atoms with van der Waals surface area (Å²) in [6.07, 6.45) is 5.97. The maximum Gasteiger partial charge on any atom is 0.219 e. The van der Waals surface area contributed by atoms with Gasteiger partial charge in [0.2, 0.25) is 5.88 Å². The highest BCUT2D eigenvalue weighted by Crippen LogP contribution is 2.33. The molecule has 142 valence electrons. The number of rotatable bonds is 0. The highest BCUT2D eigenvalue weighted by Gasteiger charge is 2.15. The number of fused-ring (bicyclic) bond motifs is 4. The standard InChI is InChI=1S/C20H19N5O2S/c1-12-14-4-6-18-15-9-13(3-5-17(15)22-23-18)16-10-21-25(2)20(16)27-8-7-26-11-19(14)24-28-12/h3-6,9-10H,7-8,11H2,1-2H3,(H,22,23)/b6-4+. The Morgan fingerprint density at radius 1 is 1.21 bits per heavy atom. The fourth-order valence-corrected chi connectivity index (χ4v) is 4.08. The first-order chi connectivity index (χ1) is 13.7. The Kier molecular flexibility index (Phi) is 4.22. The van der Waals surface area contributed by atoms with E-state index in [1.165, 1.54) is 16.4 Å². The van der Waals surface area contributed by atoms with E-state index < -0.39 is 0 Å². The zero-order chi connectivity index (χ0) is 19.1.